The van der Waals surface area contributed by atoms with Crippen LogP contribution in [0.25, 0.3) is 0 Å². The highest BCUT2D eigenvalue weighted by molar-refractivity contribution is 5.41. The van der Waals surface area contributed by atoms with E-state index in [0.717, 1.165) is 64.2 Å². The summed E-state index contributed by atoms with van der Waals surface area (Å²) in [6.07, 6.45) is 5.78. The molecule has 6 nitrogen and oxygen atoms in total. The van der Waals surface area contributed by atoms with E-state index in [2.05, 4.69) is 19.8 Å². The smallest absolute Gasteiger partial charge is 0.218 e. The quantitative estimate of drug-likeness (QED) is 0.890. The van der Waals surface area contributed by atoms with E-state index in [4.69, 9.17) is 4.74 Å². The van der Waals surface area contributed by atoms with Gasteiger partial charge in [0.2, 0.25) is 5.88 Å². The van der Waals surface area contributed by atoms with Gasteiger partial charge in [0.05, 0.1) is 12.7 Å². The number of piperazine rings is 1. The SMILES string of the molecule is COc1cc(N2CCN(CC3(O)CCCC3)CC2)ncn1. The van der Waals surface area contributed by atoms with Crippen molar-refractivity contribution in [2.45, 2.75) is 31.3 Å². The number of anilines is 1. The summed E-state index contributed by atoms with van der Waals surface area (Å²) >= 11 is 0. The van der Waals surface area contributed by atoms with Crippen molar-refractivity contribution in [1.82, 2.24) is 14.9 Å². The van der Waals surface area contributed by atoms with Crippen LogP contribution in [0.4, 0.5) is 5.82 Å². The van der Waals surface area contributed by atoms with Gasteiger partial charge in [-0.05, 0) is 12.8 Å². The monoisotopic (exact) mass is 292 g/mol. The van der Waals surface area contributed by atoms with Gasteiger partial charge in [0.25, 0.3) is 0 Å². The van der Waals surface area contributed by atoms with E-state index in [9.17, 15) is 5.11 Å². The molecule has 0 spiro atoms. The lowest BCUT2D eigenvalue weighted by Crippen LogP contribution is -2.51. The molecule has 2 fully saturated rings. The summed E-state index contributed by atoms with van der Waals surface area (Å²) in [7, 11) is 1.62. The van der Waals surface area contributed by atoms with Gasteiger partial charge in [-0.2, -0.15) is 0 Å². The molecule has 0 unspecified atom stereocenters. The van der Waals surface area contributed by atoms with Gasteiger partial charge in [-0.1, -0.05) is 12.8 Å². The average molecular weight is 292 g/mol. The van der Waals surface area contributed by atoms with Crippen molar-refractivity contribution in [2.75, 3.05) is 44.7 Å². The zero-order chi connectivity index (χ0) is 14.7. The molecule has 3 rings (SSSR count). The number of hydrogen-bond donors (Lipinski definition) is 1. The summed E-state index contributed by atoms with van der Waals surface area (Å²) in [5.41, 5.74) is -0.444. The van der Waals surface area contributed by atoms with Crippen LogP contribution in [0.15, 0.2) is 12.4 Å². The first-order valence-corrected chi connectivity index (χ1v) is 7.74. The van der Waals surface area contributed by atoms with Crippen molar-refractivity contribution in [3.05, 3.63) is 12.4 Å². The molecule has 1 aromatic heterocycles. The maximum absolute atomic E-state index is 10.5. The van der Waals surface area contributed by atoms with E-state index in [-0.39, 0.29) is 0 Å². The summed E-state index contributed by atoms with van der Waals surface area (Å²) in [5, 5.41) is 10.5. The van der Waals surface area contributed by atoms with Gasteiger partial charge in [-0.15, -0.1) is 0 Å². The van der Waals surface area contributed by atoms with Crippen LogP contribution in [-0.4, -0.2) is 65.4 Å². The molecular weight excluding hydrogens is 268 g/mol. The number of nitrogens with zero attached hydrogens (tertiary/aromatic N) is 4. The molecule has 0 bridgehead atoms. The molecule has 1 saturated heterocycles. The van der Waals surface area contributed by atoms with Gasteiger partial charge in [0.15, 0.2) is 0 Å². The molecular formula is C15H24N4O2. The van der Waals surface area contributed by atoms with E-state index < -0.39 is 5.60 Å². The van der Waals surface area contributed by atoms with Crippen molar-refractivity contribution in [3.63, 3.8) is 0 Å². The lowest BCUT2D eigenvalue weighted by atomic mass is 10.0. The molecule has 2 heterocycles. The second kappa shape index (κ2) is 6.15. The van der Waals surface area contributed by atoms with Crippen molar-refractivity contribution >= 4 is 5.82 Å². The molecule has 1 aromatic rings. The molecule has 0 radical (unpaired) electrons. The molecule has 6 heteroatoms. The van der Waals surface area contributed by atoms with Gasteiger partial charge in [-0.25, -0.2) is 9.97 Å². The molecule has 1 saturated carbocycles. The third-order valence-corrected chi connectivity index (χ3v) is 4.59. The van der Waals surface area contributed by atoms with E-state index >= 15 is 0 Å². The fourth-order valence-corrected chi connectivity index (χ4v) is 3.36. The minimum Gasteiger partial charge on any atom is -0.481 e. The van der Waals surface area contributed by atoms with Crippen LogP contribution in [0.5, 0.6) is 5.88 Å². The Morgan fingerprint density at radius 3 is 2.57 bits per heavy atom. The summed E-state index contributed by atoms with van der Waals surface area (Å²) in [5.74, 6) is 1.52. The van der Waals surface area contributed by atoms with Crippen molar-refractivity contribution in [2.24, 2.45) is 0 Å². The van der Waals surface area contributed by atoms with Crippen LogP contribution in [0.2, 0.25) is 0 Å². The average Bonchev–Trinajstić information content (AvgIpc) is 2.94. The second-order valence-electron chi connectivity index (χ2n) is 6.11. The Balaban J connectivity index is 1.54. The van der Waals surface area contributed by atoms with E-state index in [1.807, 2.05) is 6.07 Å². The standard InChI is InChI=1S/C15H24N4O2/c1-21-14-10-13(16-12-17-14)19-8-6-18(7-9-19)11-15(20)4-2-3-5-15/h10,12,20H,2-9,11H2,1H3. The Kier molecular flexibility index (Phi) is 4.26. The van der Waals surface area contributed by atoms with Gasteiger partial charge >= 0.3 is 0 Å². The Morgan fingerprint density at radius 1 is 1.19 bits per heavy atom. The van der Waals surface area contributed by atoms with Crippen molar-refractivity contribution in [3.8, 4) is 5.88 Å². The lowest BCUT2D eigenvalue weighted by Gasteiger charge is -2.38. The first-order valence-electron chi connectivity index (χ1n) is 7.74. The Morgan fingerprint density at radius 2 is 1.90 bits per heavy atom. The van der Waals surface area contributed by atoms with Gasteiger partial charge in [0, 0.05) is 38.8 Å². The Labute approximate surface area is 125 Å². The predicted molar refractivity (Wildman–Crippen MR) is 80.7 cm³/mol. The van der Waals surface area contributed by atoms with E-state index in [1.54, 1.807) is 13.4 Å². The second-order valence-corrected chi connectivity index (χ2v) is 6.11. The van der Waals surface area contributed by atoms with Crippen LogP contribution in [0.3, 0.4) is 0 Å². The van der Waals surface area contributed by atoms with Gasteiger partial charge < -0.3 is 14.7 Å². The zero-order valence-electron chi connectivity index (χ0n) is 12.7. The number of aliphatic hydroxyl groups is 1. The first-order chi connectivity index (χ1) is 10.2. The summed E-state index contributed by atoms with van der Waals surface area (Å²) in [6.45, 7) is 4.60. The van der Waals surface area contributed by atoms with E-state index in [1.165, 1.54) is 0 Å². The molecule has 1 N–H and O–H groups in total. The van der Waals surface area contributed by atoms with Crippen LogP contribution >= 0.6 is 0 Å². The number of rotatable bonds is 4. The summed E-state index contributed by atoms with van der Waals surface area (Å²) in [6, 6.07) is 1.88. The number of methoxy groups -OCH3 is 1. The topological polar surface area (TPSA) is 61.7 Å². The van der Waals surface area contributed by atoms with Crippen molar-refractivity contribution < 1.29 is 9.84 Å². The third kappa shape index (κ3) is 3.44. The third-order valence-electron chi connectivity index (χ3n) is 4.59. The summed E-state index contributed by atoms with van der Waals surface area (Å²) < 4.78 is 5.15. The highest BCUT2D eigenvalue weighted by Crippen LogP contribution is 2.30. The number of ether oxygens (including phenoxy) is 1. The first kappa shape index (κ1) is 14.5. The highest BCUT2D eigenvalue weighted by Gasteiger charge is 2.34. The molecule has 0 amide bonds. The minimum atomic E-state index is -0.444. The van der Waals surface area contributed by atoms with Gasteiger partial charge in [-0.3, -0.25) is 4.90 Å². The summed E-state index contributed by atoms with van der Waals surface area (Å²) in [4.78, 5) is 13.0. The lowest BCUT2D eigenvalue weighted by molar-refractivity contribution is 0.00799. The molecule has 21 heavy (non-hydrogen) atoms. The van der Waals surface area contributed by atoms with Crippen LogP contribution in [0, 0.1) is 0 Å². The minimum absolute atomic E-state index is 0.444. The molecule has 116 valence electrons. The number of hydrogen-bond acceptors (Lipinski definition) is 6. The predicted octanol–water partition coefficient (Wildman–Crippen LogP) is 0.912. The van der Waals surface area contributed by atoms with E-state index in [0.29, 0.717) is 5.88 Å². The molecule has 0 atom stereocenters. The fourth-order valence-electron chi connectivity index (χ4n) is 3.36. The normalized spacial score (nSPS) is 22.5. The van der Waals surface area contributed by atoms with Crippen molar-refractivity contribution in [1.29, 1.82) is 0 Å². The zero-order valence-corrected chi connectivity index (χ0v) is 12.7. The van der Waals surface area contributed by atoms with Gasteiger partial charge in [0.1, 0.15) is 12.1 Å². The number of β-amino-alcohol motifs (C(OH)–C–C–N with tert-alkyl or cyclic N) is 1. The van der Waals surface area contributed by atoms with Crippen LogP contribution in [-0.2, 0) is 0 Å². The molecule has 2 aliphatic rings. The van der Waals surface area contributed by atoms with Crippen LogP contribution < -0.4 is 9.64 Å². The Hall–Kier alpha value is -1.40. The Bertz CT molecular complexity index is 468. The maximum Gasteiger partial charge on any atom is 0.218 e. The van der Waals surface area contributed by atoms with Crippen LogP contribution in [0.1, 0.15) is 25.7 Å². The molecule has 1 aliphatic heterocycles. The molecule has 0 aromatic carbocycles. The molecule has 1 aliphatic carbocycles. The highest BCUT2D eigenvalue weighted by atomic mass is 16.5. The maximum atomic E-state index is 10.5. The fraction of sp³-hybridized carbons (Fsp3) is 0.733. The largest absolute Gasteiger partial charge is 0.481 e. The number of aromatic nitrogens is 2.